The Morgan fingerprint density at radius 2 is 1.76 bits per heavy atom. The van der Waals surface area contributed by atoms with Crippen LogP contribution in [0.2, 0.25) is 0 Å². The molecule has 0 fully saturated rings. The summed E-state index contributed by atoms with van der Waals surface area (Å²) in [4.78, 5) is 24.3. The maximum atomic E-state index is 13.0. The van der Waals surface area contributed by atoms with Gasteiger partial charge in [0.2, 0.25) is 10.0 Å². The first kappa shape index (κ1) is 22.3. The molecule has 0 aliphatic rings. The lowest BCUT2D eigenvalue weighted by molar-refractivity contribution is -0.147. The minimum atomic E-state index is -4.18. The lowest BCUT2D eigenvalue weighted by atomic mass is 9.91. The van der Waals surface area contributed by atoms with Gasteiger partial charge >= 0.3 is 5.97 Å². The molecule has 0 radical (unpaired) electrons. The quantitative estimate of drug-likeness (QED) is 0.388. The van der Waals surface area contributed by atoms with Gasteiger partial charge < -0.3 is 4.74 Å². The number of rotatable bonds is 9. The summed E-state index contributed by atoms with van der Waals surface area (Å²) in [7, 11) is -4.18. The third kappa shape index (κ3) is 5.28. The van der Waals surface area contributed by atoms with E-state index in [0.29, 0.717) is 11.8 Å². The van der Waals surface area contributed by atoms with Crippen LogP contribution >= 0.6 is 0 Å². The zero-order valence-corrected chi connectivity index (χ0v) is 17.1. The summed E-state index contributed by atoms with van der Waals surface area (Å²) in [5.74, 6) is -0.944. The van der Waals surface area contributed by atoms with Crippen molar-refractivity contribution in [3.05, 3.63) is 84.0 Å². The second-order valence-corrected chi connectivity index (χ2v) is 8.02. The number of hydrogen-bond donors (Lipinski definition) is 1. The molecular formula is C22H23NO5S. The van der Waals surface area contributed by atoms with Gasteiger partial charge in [0.1, 0.15) is 6.29 Å². The van der Waals surface area contributed by atoms with Gasteiger partial charge in [-0.3, -0.25) is 4.79 Å². The van der Waals surface area contributed by atoms with Crippen LogP contribution in [0.15, 0.2) is 77.7 Å². The van der Waals surface area contributed by atoms with Gasteiger partial charge in [-0.25, -0.2) is 13.2 Å². The monoisotopic (exact) mass is 413 g/mol. The number of esters is 1. The number of carbonyl (C=O) groups is 2. The summed E-state index contributed by atoms with van der Waals surface area (Å²) >= 11 is 0. The van der Waals surface area contributed by atoms with Crippen LogP contribution in [0.5, 0.6) is 0 Å². The third-order valence-corrected chi connectivity index (χ3v) is 5.68. The zero-order chi connectivity index (χ0) is 21.5. The van der Waals surface area contributed by atoms with E-state index in [1.807, 2.05) is 13.0 Å². The minimum Gasteiger partial charge on any atom is -0.464 e. The van der Waals surface area contributed by atoms with Crippen molar-refractivity contribution < 1.29 is 22.7 Å². The third-order valence-electron chi connectivity index (χ3n) is 4.20. The average Bonchev–Trinajstić information content (AvgIpc) is 2.71. The van der Waals surface area contributed by atoms with Crippen molar-refractivity contribution in [2.45, 2.75) is 24.3 Å². The standard InChI is InChI=1S/C22H23NO5S/c1-4-28-21(25)22(18(3)16-24,15-14-19-8-6-5-7-9-19)23-29(26,27)20-12-10-17(2)11-13-20/h5-16,23H,3-4H2,1-2H3/b15-14+. The molecule has 0 aromatic heterocycles. The molecule has 0 aliphatic heterocycles. The highest BCUT2D eigenvalue weighted by Gasteiger charge is 2.44. The van der Waals surface area contributed by atoms with E-state index >= 15 is 0 Å². The number of carbonyl (C=O) groups excluding carboxylic acids is 2. The first-order valence-electron chi connectivity index (χ1n) is 8.92. The Morgan fingerprint density at radius 1 is 1.14 bits per heavy atom. The Hall–Kier alpha value is -3.03. The van der Waals surface area contributed by atoms with Crippen LogP contribution in [0.4, 0.5) is 0 Å². The van der Waals surface area contributed by atoms with Gasteiger partial charge in [0, 0.05) is 5.57 Å². The fraction of sp³-hybridized carbons (Fsp3) is 0.182. The first-order valence-corrected chi connectivity index (χ1v) is 10.4. The molecule has 0 saturated carbocycles. The summed E-state index contributed by atoms with van der Waals surface area (Å²) in [5, 5.41) is 0. The Kier molecular flexibility index (Phi) is 7.25. The molecule has 2 aromatic rings. The van der Waals surface area contributed by atoms with Gasteiger partial charge in [0.15, 0.2) is 5.54 Å². The van der Waals surface area contributed by atoms with E-state index in [2.05, 4.69) is 11.3 Å². The van der Waals surface area contributed by atoms with Crippen LogP contribution in [-0.4, -0.2) is 32.8 Å². The normalized spacial score (nSPS) is 13.6. The van der Waals surface area contributed by atoms with Crippen LogP contribution in [-0.2, 0) is 24.3 Å². The Morgan fingerprint density at radius 3 is 2.31 bits per heavy atom. The Labute approximate surface area is 171 Å². The molecule has 2 rings (SSSR count). The first-order chi connectivity index (χ1) is 13.7. The van der Waals surface area contributed by atoms with E-state index in [4.69, 9.17) is 4.74 Å². The molecule has 0 aliphatic carbocycles. The van der Waals surface area contributed by atoms with Crippen molar-refractivity contribution in [2.24, 2.45) is 0 Å². The second-order valence-electron chi connectivity index (χ2n) is 6.33. The summed E-state index contributed by atoms with van der Waals surface area (Å²) in [5.41, 5.74) is -0.799. The number of aryl methyl sites for hydroxylation is 1. The van der Waals surface area contributed by atoms with Crippen molar-refractivity contribution in [3.8, 4) is 0 Å². The van der Waals surface area contributed by atoms with E-state index in [0.717, 1.165) is 5.56 Å². The van der Waals surface area contributed by atoms with E-state index in [9.17, 15) is 18.0 Å². The van der Waals surface area contributed by atoms with Gasteiger partial charge in [0.25, 0.3) is 0 Å². The number of hydrogen-bond acceptors (Lipinski definition) is 5. The number of benzene rings is 2. The molecule has 29 heavy (non-hydrogen) atoms. The summed E-state index contributed by atoms with van der Waals surface area (Å²) < 4.78 is 33.4. The lowest BCUT2D eigenvalue weighted by Crippen LogP contribution is -2.55. The maximum absolute atomic E-state index is 13.0. The van der Waals surface area contributed by atoms with Crippen LogP contribution < -0.4 is 4.72 Å². The largest absolute Gasteiger partial charge is 0.464 e. The second kappa shape index (κ2) is 9.45. The molecule has 1 N–H and O–H groups in total. The summed E-state index contributed by atoms with van der Waals surface area (Å²) in [6.45, 7) is 7.01. The topological polar surface area (TPSA) is 89.5 Å². The van der Waals surface area contributed by atoms with Crippen LogP contribution in [0, 0.1) is 6.92 Å². The van der Waals surface area contributed by atoms with Crippen molar-refractivity contribution in [2.75, 3.05) is 6.61 Å². The highest BCUT2D eigenvalue weighted by atomic mass is 32.2. The number of nitrogens with one attached hydrogen (secondary N) is 1. The van der Waals surface area contributed by atoms with Gasteiger partial charge in [-0.05, 0) is 37.6 Å². The Bertz CT molecular complexity index is 1010. The molecule has 0 amide bonds. The molecule has 0 heterocycles. The van der Waals surface area contributed by atoms with E-state index in [1.165, 1.54) is 24.3 Å². The number of ether oxygens (including phenoxy) is 1. The molecule has 6 nitrogen and oxygen atoms in total. The molecule has 0 bridgehead atoms. The highest BCUT2D eigenvalue weighted by molar-refractivity contribution is 7.89. The molecule has 7 heteroatoms. The van der Waals surface area contributed by atoms with Crippen LogP contribution in [0.25, 0.3) is 6.08 Å². The minimum absolute atomic E-state index is 0.00183. The Balaban J connectivity index is 2.59. The molecular weight excluding hydrogens is 390 g/mol. The van der Waals surface area contributed by atoms with Crippen molar-refractivity contribution in [3.63, 3.8) is 0 Å². The van der Waals surface area contributed by atoms with Crippen LogP contribution in [0.1, 0.15) is 18.1 Å². The van der Waals surface area contributed by atoms with Crippen molar-refractivity contribution in [1.29, 1.82) is 0 Å². The van der Waals surface area contributed by atoms with E-state index in [-0.39, 0.29) is 17.1 Å². The van der Waals surface area contributed by atoms with E-state index in [1.54, 1.807) is 43.3 Å². The van der Waals surface area contributed by atoms with Crippen molar-refractivity contribution >= 4 is 28.4 Å². The van der Waals surface area contributed by atoms with E-state index < -0.39 is 21.5 Å². The van der Waals surface area contributed by atoms with Crippen LogP contribution in [0.3, 0.4) is 0 Å². The SMILES string of the molecule is C=C(C=O)C(/C=C/c1ccccc1)(NS(=O)(=O)c1ccc(C)cc1)C(=O)OCC. The molecule has 1 atom stereocenters. The van der Waals surface area contributed by atoms with Gasteiger partial charge in [-0.15, -0.1) is 0 Å². The highest BCUT2D eigenvalue weighted by Crippen LogP contribution is 2.24. The van der Waals surface area contributed by atoms with Gasteiger partial charge in [-0.2, -0.15) is 4.72 Å². The van der Waals surface area contributed by atoms with Gasteiger partial charge in [-0.1, -0.05) is 60.7 Å². The fourth-order valence-corrected chi connectivity index (χ4v) is 3.88. The van der Waals surface area contributed by atoms with Gasteiger partial charge in [0.05, 0.1) is 11.5 Å². The summed E-state index contributed by atoms with van der Waals surface area (Å²) in [6.07, 6.45) is 3.15. The fourth-order valence-electron chi connectivity index (χ4n) is 2.56. The van der Waals surface area contributed by atoms with Crippen molar-refractivity contribution in [1.82, 2.24) is 4.72 Å². The smallest absolute Gasteiger partial charge is 0.336 e. The molecule has 0 spiro atoms. The predicted octanol–water partition coefficient (Wildman–Crippen LogP) is 3.04. The molecule has 2 aromatic carbocycles. The molecule has 0 saturated heterocycles. The molecule has 152 valence electrons. The zero-order valence-electron chi connectivity index (χ0n) is 16.3. The number of sulfonamides is 1. The summed E-state index contributed by atoms with van der Waals surface area (Å²) in [6, 6.07) is 15.0. The predicted molar refractivity (Wildman–Crippen MR) is 112 cm³/mol. The lowest BCUT2D eigenvalue weighted by Gasteiger charge is -2.29. The number of aldehydes is 1. The maximum Gasteiger partial charge on any atom is 0.336 e. The molecule has 1 unspecified atom stereocenters. The average molecular weight is 413 g/mol.